The van der Waals surface area contributed by atoms with Crippen LogP contribution in [0.3, 0.4) is 0 Å². The zero-order valence-electron chi connectivity index (χ0n) is 10.5. The summed E-state index contributed by atoms with van der Waals surface area (Å²) in [5, 5.41) is 11.0. The van der Waals surface area contributed by atoms with E-state index in [0.717, 1.165) is 17.0 Å². The van der Waals surface area contributed by atoms with Crippen molar-refractivity contribution >= 4 is 5.71 Å². The third-order valence-corrected chi connectivity index (χ3v) is 3.57. The van der Waals surface area contributed by atoms with Gasteiger partial charge in [0.15, 0.2) is 0 Å². The van der Waals surface area contributed by atoms with E-state index in [-0.39, 0.29) is 0 Å². The first-order valence-corrected chi connectivity index (χ1v) is 5.86. The molecule has 0 radical (unpaired) electrons. The minimum atomic E-state index is 0.345. The molecule has 0 aromatic carbocycles. The number of hydrogen-bond acceptors (Lipinski definition) is 3. The Morgan fingerprint density at radius 1 is 1.35 bits per heavy atom. The summed E-state index contributed by atoms with van der Waals surface area (Å²) in [6, 6.07) is 0. The Morgan fingerprint density at radius 2 is 2.06 bits per heavy atom. The Morgan fingerprint density at radius 3 is 2.59 bits per heavy atom. The van der Waals surface area contributed by atoms with Gasteiger partial charge >= 0.3 is 0 Å². The van der Waals surface area contributed by atoms with E-state index in [9.17, 15) is 0 Å². The third kappa shape index (κ3) is 1.82. The second-order valence-electron chi connectivity index (χ2n) is 4.60. The quantitative estimate of drug-likeness (QED) is 0.649. The molecule has 2 rings (SSSR count). The number of fused-ring (bicyclic) bond motifs is 1. The van der Waals surface area contributed by atoms with Gasteiger partial charge in [-0.1, -0.05) is 24.3 Å². The molecular weight excluding hydrogens is 210 g/mol. The van der Waals surface area contributed by atoms with Crippen LogP contribution >= 0.6 is 0 Å². The van der Waals surface area contributed by atoms with Crippen molar-refractivity contribution in [1.29, 1.82) is 5.41 Å². The zero-order chi connectivity index (χ0) is 12.6. The van der Waals surface area contributed by atoms with Crippen LogP contribution in [0, 0.1) is 17.2 Å². The smallest absolute Gasteiger partial charge is 0.0424 e. The van der Waals surface area contributed by atoms with Gasteiger partial charge in [-0.25, -0.2) is 0 Å². The van der Waals surface area contributed by atoms with Gasteiger partial charge in [-0.15, -0.1) is 0 Å². The predicted octanol–water partition coefficient (Wildman–Crippen LogP) is 2.10. The summed E-state index contributed by atoms with van der Waals surface area (Å²) in [5.74, 6) is 0.717. The minimum Gasteiger partial charge on any atom is -0.402 e. The lowest BCUT2D eigenvalue weighted by atomic mass is 9.70. The summed E-state index contributed by atoms with van der Waals surface area (Å²) >= 11 is 0. The van der Waals surface area contributed by atoms with E-state index in [4.69, 9.17) is 11.1 Å². The summed E-state index contributed by atoms with van der Waals surface area (Å²) in [6.45, 7) is 3.79. The molecule has 0 aromatic rings. The molecule has 2 unspecified atom stereocenters. The Kier molecular flexibility index (Phi) is 2.92. The van der Waals surface area contributed by atoms with E-state index in [1.807, 2.05) is 20.9 Å². The van der Waals surface area contributed by atoms with E-state index >= 15 is 0 Å². The van der Waals surface area contributed by atoms with Gasteiger partial charge in [0, 0.05) is 36.0 Å². The lowest BCUT2D eigenvalue weighted by molar-refractivity contribution is 0.521. The summed E-state index contributed by atoms with van der Waals surface area (Å²) in [5.41, 5.74) is 10.7. The van der Waals surface area contributed by atoms with Crippen molar-refractivity contribution in [3.63, 3.8) is 0 Å². The van der Waals surface area contributed by atoms with Crippen molar-refractivity contribution in [2.75, 3.05) is 7.05 Å². The molecule has 4 N–H and O–H groups in total. The molecule has 0 aliphatic heterocycles. The lowest BCUT2D eigenvalue weighted by Crippen LogP contribution is -2.33. The average molecular weight is 229 g/mol. The Hall–Kier alpha value is -1.77. The molecule has 2 aliphatic rings. The average Bonchev–Trinajstić information content (AvgIpc) is 2.29. The highest BCUT2D eigenvalue weighted by atomic mass is 14.8. The molecule has 0 aromatic heterocycles. The van der Waals surface area contributed by atoms with E-state index in [0.29, 0.717) is 17.5 Å². The molecule has 0 bridgehead atoms. The largest absolute Gasteiger partial charge is 0.402 e. The fourth-order valence-electron chi connectivity index (χ4n) is 2.40. The normalized spacial score (nSPS) is 27.2. The van der Waals surface area contributed by atoms with Gasteiger partial charge in [0.05, 0.1) is 0 Å². The van der Waals surface area contributed by atoms with Gasteiger partial charge in [0.2, 0.25) is 0 Å². The van der Waals surface area contributed by atoms with Gasteiger partial charge < -0.3 is 16.5 Å². The van der Waals surface area contributed by atoms with Gasteiger partial charge in [0.25, 0.3) is 0 Å². The van der Waals surface area contributed by atoms with Gasteiger partial charge in [-0.2, -0.15) is 0 Å². The number of rotatable bonds is 3. The van der Waals surface area contributed by atoms with Crippen LogP contribution in [0.25, 0.3) is 0 Å². The summed E-state index contributed by atoms with van der Waals surface area (Å²) in [7, 11) is 1.90. The first-order chi connectivity index (χ1) is 8.06. The maximum Gasteiger partial charge on any atom is 0.0424 e. The summed E-state index contributed by atoms with van der Waals surface area (Å²) < 4.78 is 0. The van der Waals surface area contributed by atoms with Crippen LogP contribution in [0.1, 0.15) is 13.8 Å². The molecule has 17 heavy (non-hydrogen) atoms. The van der Waals surface area contributed by atoms with Crippen molar-refractivity contribution in [2.24, 2.45) is 17.6 Å². The molecule has 0 amide bonds. The van der Waals surface area contributed by atoms with Crippen LogP contribution in [0.5, 0.6) is 0 Å². The monoisotopic (exact) mass is 229 g/mol. The zero-order valence-corrected chi connectivity index (χ0v) is 10.5. The van der Waals surface area contributed by atoms with E-state index in [1.165, 1.54) is 5.57 Å². The molecule has 0 fully saturated rings. The Labute approximate surface area is 102 Å². The predicted molar refractivity (Wildman–Crippen MR) is 71.6 cm³/mol. The maximum atomic E-state index is 7.74. The van der Waals surface area contributed by atoms with Crippen LogP contribution < -0.4 is 11.1 Å². The molecule has 3 nitrogen and oxygen atoms in total. The van der Waals surface area contributed by atoms with Crippen molar-refractivity contribution < 1.29 is 0 Å². The van der Waals surface area contributed by atoms with Gasteiger partial charge in [-0.3, -0.25) is 0 Å². The van der Waals surface area contributed by atoms with Crippen LogP contribution in [0.4, 0.5) is 0 Å². The van der Waals surface area contributed by atoms with Gasteiger partial charge in [0.1, 0.15) is 0 Å². The lowest BCUT2D eigenvalue weighted by Gasteiger charge is -2.37. The van der Waals surface area contributed by atoms with Crippen LogP contribution in [-0.2, 0) is 0 Å². The molecule has 2 atom stereocenters. The Bertz CT molecular complexity index is 478. The summed E-state index contributed by atoms with van der Waals surface area (Å²) in [6.07, 6.45) is 8.41. The molecule has 3 heteroatoms. The Balaban J connectivity index is 2.40. The van der Waals surface area contributed by atoms with E-state index < -0.39 is 0 Å². The fourth-order valence-corrected chi connectivity index (χ4v) is 2.40. The first-order valence-electron chi connectivity index (χ1n) is 5.86. The molecule has 0 saturated heterocycles. The van der Waals surface area contributed by atoms with Crippen molar-refractivity contribution in [1.82, 2.24) is 5.32 Å². The molecule has 0 heterocycles. The first kappa shape index (κ1) is 11.7. The van der Waals surface area contributed by atoms with Gasteiger partial charge in [-0.05, 0) is 25.0 Å². The second-order valence-corrected chi connectivity index (χ2v) is 4.60. The highest BCUT2D eigenvalue weighted by Crippen LogP contribution is 2.42. The molecular formula is C14H19N3. The topological polar surface area (TPSA) is 61.9 Å². The van der Waals surface area contributed by atoms with Crippen molar-refractivity contribution in [2.45, 2.75) is 13.8 Å². The number of allylic oxidation sites excluding steroid dienone is 6. The number of nitrogens with two attached hydrogens (primary N) is 1. The molecule has 0 saturated carbocycles. The second kappa shape index (κ2) is 4.24. The SMILES string of the molecule is CN/C(C1=CC=CC2C(N)=CC12)=C(/C)C(C)=N. The van der Waals surface area contributed by atoms with Crippen LogP contribution in [0.15, 0.2) is 46.8 Å². The summed E-state index contributed by atoms with van der Waals surface area (Å²) in [4.78, 5) is 0. The highest BCUT2D eigenvalue weighted by molar-refractivity contribution is 5.96. The molecule has 2 aliphatic carbocycles. The number of nitrogens with one attached hydrogen (secondary N) is 2. The standard InChI is InChI=1S/C14H19N3/c1-8(9(2)15)14(17-3)11-6-4-5-10-12(11)7-13(10)16/h4-7,10,12,15,17H,16H2,1-3H3/b14-8-,15-9?. The number of likely N-dealkylation sites (N-methyl/N-ethyl adjacent to an activating group) is 1. The fraction of sp³-hybridized carbons (Fsp3) is 0.357. The molecule has 0 spiro atoms. The van der Waals surface area contributed by atoms with E-state index in [1.54, 1.807) is 0 Å². The van der Waals surface area contributed by atoms with Crippen molar-refractivity contribution in [3.8, 4) is 0 Å². The molecule has 90 valence electrons. The third-order valence-electron chi connectivity index (χ3n) is 3.57. The van der Waals surface area contributed by atoms with Crippen LogP contribution in [-0.4, -0.2) is 12.8 Å². The maximum absolute atomic E-state index is 7.74. The minimum absolute atomic E-state index is 0.345. The van der Waals surface area contributed by atoms with E-state index in [2.05, 4.69) is 29.6 Å². The van der Waals surface area contributed by atoms with Crippen molar-refractivity contribution in [3.05, 3.63) is 46.8 Å². The van der Waals surface area contributed by atoms with Crippen LogP contribution in [0.2, 0.25) is 0 Å². The highest BCUT2D eigenvalue weighted by Gasteiger charge is 2.34. The number of hydrogen-bond donors (Lipinski definition) is 3.